The van der Waals surface area contributed by atoms with Gasteiger partial charge in [0.1, 0.15) is 5.75 Å². The monoisotopic (exact) mass is 289 g/mol. The van der Waals surface area contributed by atoms with Crippen molar-refractivity contribution < 1.29 is 5.11 Å². The fourth-order valence-corrected chi connectivity index (χ4v) is 3.38. The molecule has 2 N–H and O–H groups in total. The van der Waals surface area contributed by atoms with Gasteiger partial charge in [-0.2, -0.15) is 0 Å². The van der Waals surface area contributed by atoms with E-state index in [0.717, 1.165) is 24.9 Å². The zero-order valence-corrected chi connectivity index (χ0v) is 13.5. The van der Waals surface area contributed by atoms with Crippen molar-refractivity contribution in [3.8, 4) is 5.75 Å². The molecule has 1 atom stereocenters. The molecule has 118 valence electrons. The van der Waals surface area contributed by atoms with Crippen LogP contribution in [-0.2, 0) is 6.42 Å². The van der Waals surface area contributed by atoms with E-state index in [1.807, 2.05) is 6.07 Å². The minimum atomic E-state index is 0.455. The van der Waals surface area contributed by atoms with E-state index in [4.69, 9.17) is 0 Å². The number of phenols is 1. The van der Waals surface area contributed by atoms with Crippen LogP contribution >= 0.6 is 0 Å². The van der Waals surface area contributed by atoms with Gasteiger partial charge in [0, 0.05) is 6.04 Å². The Hall–Kier alpha value is -1.02. The molecule has 0 radical (unpaired) electrons. The molecule has 0 aliphatic heterocycles. The van der Waals surface area contributed by atoms with E-state index in [9.17, 15) is 5.11 Å². The Labute approximate surface area is 130 Å². The van der Waals surface area contributed by atoms with Crippen molar-refractivity contribution in [2.45, 2.75) is 77.2 Å². The molecule has 1 unspecified atom stereocenters. The Morgan fingerprint density at radius 2 is 1.76 bits per heavy atom. The average Bonchev–Trinajstić information content (AvgIpc) is 2.90. The Kier molecular flexibility index (Phi) is 7.08. The molecule has 2 rings (SSSR count). The van der Waals surface area contributed by atoms with Crippen molar-refractivity contribution in [2.24, 2.45) is 0 Å². The number of benzene rings is 1. The molecular formula is C19H31NO. The second kappa shape index (κ2) is 9.09. The van der Waals surface area contributed by atoms with E-state index >= 15 is 0 Å². The van der Waals surface area contributed by atoms with E-state index in [2.05, 4.69) is 18.3 Å². The summed E-state index contributed by atoms with van der Waals surface area (Å²) in [4.78, 5) is 0. The molecule has 0 saturated heterocycles. The summed E-state index contributed by atoms with van der Waals surface area (Å²) in [6, 6.07) is 6.38. The lowest BCUT2D eigenvalue weighted by molar-refractivity contribution is 0.469. The van der Waals surface area contributed by atoms with Crippen LogP contribution in [-0.4, -0.2) is 11.7 Å². The van der Waals surface area contributed by atoms with E-state index in [-0.39, 0.29) is 0 Å². The van der Waals surface area contributed by atoms with Gasteiger partial charge < -0.3 is 10.4 Å². The van der Waals surface area contributed by atoms with Crippen LogP contribution in [0.2, 0.25) is 0 Å². The van der Waals surface area contributed by atoms with Gasteiger partial charge in [0.2, 0.25) is 0 Å². The molecular weight excluding hydrogens is 258 g/mol. The first-order valence-electron chi connectivity index (χ1n) is 8.87. The number of rotatable bonds is 10. The molecule has 21 heavy (non-hydrogen) atoms. The van der Waals surface area contributed by atoms with Crippen molar-refractivity contribution in [1.29, 1.82) is 0 Å². The highest BCUT2D eigenvalue weighted by Gasteiger charge is 2.23. The van der Waals surface area contributed by atoms with Crippen molar-refractivity contribution in [2.75, 3.05) is 6.54 Å². The molecule has 1 aliphatic rings. The van der Waals surface area contributed by atoms with Crippen LogP contribution in [0.25, 0.3) is 0 Å². The first-order chi connectivity index (χ1) is 10.3. The average molecular weight is 289 g/mol. The molecule has 0 saturated carbocycles. The molecule has 2 heteroatoms. The topological polar surface area (TPSA) is 32.3 Å². The first-order valence-corrected chi connectivity index (χ1v) is 8.87. The smallest absolute Gasteiger partial charge is 0.119 e. The molecule has 0 fully saturated rings. The van der Waals surface area contributed by atoms with Gasteiger partial charge in [0.25, 0.3) is 0 Å². The SMILES string of the molecule is CCCCCCCCCCNC1CCc2c(O)cccc21. The first kappa shape index (κ1) is 16.4. The summed E-state index contributed by atoms with van der Waals surface area (Å²) in [5.41, 5.74) is 2.47. The van der Waals surface area contributed by atoms with E-state index in [1.54, 1.807) is 6.07 Å². The number of fused-ring (bicyclic) bond motifs is 1. The number of phenolic OH excluding ortho intramolecular Hbond substituents is 1. The summed E-state index contributed by atoms with van der Waals surface area (Å²) >= 11 is 0. The van der Waals surface area contributed by atoms with Crippen molar-refractivity contribution >= 4 is 0 Å². The molecule has 0 spiro atoms. The van der Waals surface area contributed by atoms with Gasteiger partial charge in [-0.1, -0.05) is 64.0 Å². The maximum absolute atomic E-state index is 9.85. The Bertz CT molecular complexity index is 416. The fraction of sp³-hybridized carbons (Fsp3) is 0.684. The molecule has 0 heterocycles. The number of hydrogen-bond acceptors (Lipinski definition) is 2. The predicted molar refractivity (Wildman–Crippen MR) is 89.8 cm³/mol. The summed E-state index contributed by atoms with van der Waals surface area (Å²) in [7, 11) is 0. The van der Waals surface area contributed by atoms with Gasteiger partial charge in [0.15, 0.2) is 0 Å². The predicted octanol–water partition coefficient (Wildman–Crippen LogP) is 5.11. The van der Waals surface area contributed by atoms with Gasteiger partial charge in [-0.05, 0) is 43.0 Å². The highest BCUT2D eigenvalue weighted by atomic mass is 16.3. The van der Waals surface area contributed by atoms with Gasteiger partial charge in [-0.15, -0.1) is 0 Å². The van der Waals surface area contributed by atoms with E-state index in [1.165, 1.54) is 56.9 Å². The molecule has 2 nitrogen and oxygen atoms in total. The summed E-state index contributed by atoms with van der Waals surface area (Å²) in [6.07, 6.45) is 13.1. The number of hydrogen-bond donors (Lipinski definition) is 2. The summed E-state index contributed by atoms with van der Waals surface area (Å²) in [5.74, 6) is 0.476. The normalized spacial score (nSPS) is 17.1. The highest BCUT2D eigenvalue weighted by molar-refractivity contribution is 5.44. The van der Waals surface area contributed by atoms with Crippen LogP contribution in [0, 0.1) is 0 Å². The Balaban J connectivity index is 1.56. The Morgan fingerprint density at radius 1 is 1.05 bits per heavy atom. The largest absolute Gasteiger partial charge is 0.508 e. The third kappa shape index (κ3) is 5.03. The third-order valence-electron chi connectivity index (χ3n) is 4.67. The van der Waals surface area contributed by atoms with Gasteiger partial charge in [0.05, 0.1) is 0 Å². The summed E-state index contributed by atoms with van der Waals surface area (Å²) < 4.78 is 0. The quantitative estimate of drug-likeness (QED) is 0.587. The molecule has 0 bridgehead atoms. The van der Waals surface area contributed by atoms with Crippen molar-refractivity contribution in [1.82, 2.24) is 5.32 Å². The molecule has 0 aromatic heterocycles. The number of aromatic hydroxyl groups is 1. The maximum Gasteiger partial charge on any atom is 0.119 e. The number of nitrogens with one attached hydrogen (secondary N) is 1. The minimum absolute atomic E-state index is 0.455. The van der Waals surface area contributed by atoms with Gasteiger partial charge in [-0.25, -0.2) is 0 Å². The molecule has 0 amide bonds. The van der Waals surface area contributed by atoms with Crippen molar-refractivity contribution in [3.63, 3.8) is 0 Å². The fourth-order valence-electron chi connectivity index (χ4n) is 3.38. The third-order valence-corrected chi connectivity index (χ3v) is 4.67. The Morgan fingerprint density at radius 3 is 2.52 bits per heavy atom. The van der Waals surface area contributed by atoms with E-state index in [0.29, 0.717) is 11.8 Å². The van der Waals surface area contributed by atoms with Crippen LogP contribution < -0.4 is 5.32 Å². The van der Waals surface area contributed by atoms with Gasteiger partial charge in [-0.3, -0.25) is 0 Å². The lowest BCUT2D eigenvalue weighted by Gasteiger charge is -2.14. The second-order valence-electron chi connectivity index (χ2n) is 6.37. The zero-order chi connectivity index (χ0) is 14.9. The van der Waals surface area contributed by atoms with Crippen LogP contribution in [0.1, 0.15) is 81.9 Å². The lowest BCUT2D eigenvalue weighted by atomic mass is 10.1. The highest BCUT2D eigenvalue weighted by Crippen LogP contribution is 2.36. The van der Waals surface area contributed by atoms with E-state index < -0.39 is 0 Å². The lowest BCUT2D eigenvalue weighted by Crippen LogP contribution is -2.20. The summed E-state index contributed by atoms with van der Waals surface area (Å²) in [5, 5.41) is 13.5. The zero-order valence-electron chi connectivity index (χ0n) is 13.5. The van der Waals surface area contributed by atoms with Crippen LogP contribution in [0.4, 0.5) is 0 Å². The second-order valence-corrected chi connectivity index (χ2v) is 6.37. The molecule has 1 aromatic carbocycles. The van der Waals surface area contributed by atoms with Crippen LogP contribution in [0.5, 0.6) is 5.75 Å². The summed E-state index contributed by atoms with van der Waals surface area (Å²) in [6.45, 7) is 3.38. The minimum Gasteiger partial charge on any atom is -0.508 e. The van der Waals surface area contributed by atoms with Crippen LogP contribution in [0.15, 0.2) is 18.2 Å². The van der Waals surface area contributed by atoms with Crippen molar-refractivity contribution in [3.05, 3.63) is 29.3 Å². The maximum atomic E-state index is 9.85. The molecule has 1 aliphatic carbocycles. The standard InChI is InChI=1S/C19H31NO/c1-2-3-4-5-6-7-8-9-15-20-18-14-13-17-16(18)11-10-12-19(17)21/h10-12,18,20-21H,2-9,13-15H2,1H3. The number of unbranched alkanes of at least 4 members (excludes halogenated alkanes) is 7. The van der Waals surface area contributed by atoms with Crippen LogP contribution in [0.3, 0.4) is 0 Å². The van der Waals surface area contributed by atoms with Gasteiger partial charge >= 0.3 is 0 Å². The molecule has 1 aromatic rings.